The zero-order valence-electron chi connectivity index (χ0n) is 12.0. The lowest BCUT2D eigenvalue weighted by molar-refractivity contribution is 0.0417. The van der Waals surface area contributed by atoms with E-state index < -0.39 is 6.10 Å². The molecule has 5 heteroatoms. The van der Waals surface area contributed by atoms with Crippen LogP contribution in [-0.4, -0.2) is 57.6 Å². The van der Waals surface area contributed by atoms with Crippen LogP contribution in [0.5, 0.6) is 11.5 Å². The number of hydrogen-bond acceptors (Lipinski definition) is 5. The van der Waals surface area contributed by atoms with E-state index in [1.54, 1.807) is 21.3 Å². The maximum atomic E-state index is 9.70. The minimum Gasteiger partial charge on any atom is -0.497 e. The first kappa shape index (κ1) is 15.8. The van der Waals surface area contributed by atoms with Crippen LogP contribution in [0.15, 0.2) is 18.2 Å². The summed E-state index contributed by atoms with van der Waals surface area (Å²) in [6, 6.07) is 5.69. The zero-order chi connectivity index (χ0) is 14.3. The minimum atomic E-state index is -0.494. The Bertz CT molecular complexity index is 384. The van der Waals surface area contributed by atoms with Crippen molar-refractivity contribution < 1.29 is 19.3 Å². The van der Waals surface area contributed by atoms with Gasteiger partial charge in [0, 0.05) is 25.8 Å². The van der Waals surface area contributed by atoms with Gasteiger partial charge in [-0.1, -0.05) is 0 Å². The number of benzene rings is 1. The molecular formula is C14H23NO4. The predicted molar refractivity (Wildman–Crippen MR) is 73.8 cm³/mol. The van der Waals surface area contributed by atoms with Crippen LogP contribution >= 0.6 is 0 Å². The van der Waals surface area contributed by atoms with Gasteiger partial charge in [0.15, 0.2) is 0 Å². The molecule has 0 aromatic heterocycles. The van der Waals surface area contributed by atoms with Crippen molar-refractivity contribution in [3.8, 4) is 11.5 Å². The van der Waals surface area contributed by atoms with Gasteiger partial charge >= 0.3 is 0 Å². The molecule has 1 unspecified atom stereocenters. The highest BCUT2D eigenvalue weighted by molar-refractivity contribution is 5.40. The summed E-state index contributed by atoms with van der Waals surface area (Å²) in [5.41, 5.74) is 1.02. The van der Waals surface area contributed by atoms with Gasteiger partial charge in [0.2, 0.25) is 0 Å². The van der Waals surface area contributed by atoms with Gasteiger partial charge in [-0.25, -0.2) is 0 Å². The van der Waals surface area contributed by atoms with Crippen molar-refractivity contribution in [3.63, 3.8) is 0 Å². The molecule has 0 saturated heterocycles. The van der Waals surface area contributed by atoms with E-state index in [-0.39, 0.29) is 0 Å². The van der Waals surface area contributed by atoms with E-state index in [2.05, 4.69) is 0 Å². The highest BCUT2D eigenvalue weighted by Crippen LogP contribution is 2.24. The van der Waals surface area contributed by atoms with E-state index >= 15 is 0 Å². The van der Waals surface area contributed by atoms with E-state index in [0.717, 1.165) is 17.1 Å². The molecule has 0 aliphatic rings. The summed E-state index contributed by atoms with van der Waals surface area (Å²) in [6.07, 6.45) is -0.494. The smallest absolute Gasteiger partial charge is 0.123 e. The van der Waals surface area contributed by atoms with Gasteiger partial charge in [-0.05, 0) is 25.2 Å². The van der Waals surface area contributed by atoms with Gasteiger partial charge < -0.3 is 19.3 Å². The van der Waals surface area contributed by atoms with E-state index in [1.165, 1.54) is 0 Å². The van der Waals surface area contributed by atoms with Gasteiger partial charge in [0.25, 0.3) is 0 Å². The van der Waals surface area contributed by atoms with Gasteiger partial charge in [-0.15, -0.1) is 0 Å². The maximum absolute atomic E-state index is 9.70. The molecule has 0 saturated carbocycles. The van der Waals surface area contributed by atoms with Crippen LogP contribution < -0.4 is 9.47 Å². The normalized spacial score (nSPS) is 12.5. The lowest BCUT2D eigenvalue weighted by atomic mass is 10.1. The van der Waals surface area contributed by atoms with Crippen LogP contribution in [0.2, 0.25) is 0 Å². The van der Waals surface area contributed by atoms with Crippen molar-refractivity contribution in [1.29, 1.82) is 0 Å². The lowest BCUT2D eigenvalue weighted by Crippen LogP contribution is -2.31. The third-order valence-electron chi connectivity index (χ3n) is 2.81. The van der Waals surface area contributed by atoms with Gasteiger partial charge in [0.05, 0.1) is 26.9 Å². The van der Waals surface area contributed by atoms with Crippen LogP contribution in [0.25, 0.3) is 0 Å². The standard InChI is InChI=1S/C14H23NO4/c1-15(9-12(16)10-17-2)8-11-7-13(18-3)5-6-14(11)19-4/h5-7,12,16H,8-10H2,1-4H3. The number of ether oxygens (including phenoxy) is 3. The summed E-state index contributed by atoms with van der Waals surface area (Å²) in [5.74, 6) is 1.61. The van der Waals surface area contributed by atoms with Crippen molar-refractivity contribution in [2.45, 2.75) is 12.6 Å². The average molecular weight is 269 g/mol. The highest BCUT2D eigenvalue weighted by Gasteiger charge is 2.11. The second-order valence-corrected chi connectivity index (χ2v) is 4.48. The molecule has 108 valence electrons. The van der Waals surface area contributed by atoms with Crippen LogP contribution in [0.4, 0.5) is 0 Å². The molecule has 5 nitrogen and oxygen atoms in total. The lowest BCUT2D eigenvalue weighted by Gasteiger charge is -2.21. The second kappa shape index (κ2) is 7.99. The molecule has 0 fully saturated rings. The number of aliphatic hydroxyl groups excluding tert-OH is 1. The quantitative estimate of drug-likeness (QED) is 0.767. The molecular weight excluding hydrogens is 246 g/mol. The summed E-state index contributed by atoms with van der Waals surface area (Å²) < 4.78 is 15.5. The number of rotatable bonds is 8. The topological polar surface area (TPSA) is 51.2 Å². The van der Waals surface area contributed by atoms with Crippen molar-refractivity contribution in [2.75, 3.05) is 41.5 Å². The summed E-state index contributed by atoms with van der Waals surface area (Å²) in [6.45, 7) is 1.54. The van der Waals surface area contributed by atoms with Crippen molar-refractivity contribution >= 4 is 0 Å². The molecule has 19 heavy (non-hydrogen) atoms. The molecule has 1 aromatic rings. The number of hydrogen-bond donors (Lipinski definition) is 1. The largest absolute Gasteiger partial charge is 0.497 e. The van der Waals surface area contributed by atoms with Crippen molar-refractivity contribution in [3.05, 3.63) is 23.8 Å². The Labute approximate surface area is 114 Å². The van der Waals surface area contributed by atoms with Crippen LogP contribution in [0.3, 0.4) is 0 Å². The number of aliphatic hydroxyl groups is 1. The first-order valence-corrected chi connectivity index (χ1v) is 6.17. The Morgan fingerprint density at radius 2 is 1.95 bits per heavy atom. The van der Waals surface area contributed by atoms with E-state index in [9.17, 15) is 5.11 Å². The maximum Gasteiger partial charge on any atom is 0.123 e. The molecule has 0 amide bonds. The number of methoxy groups -OCH3 is 3. The number of likely N-dealkylation sites (N-methyl/N-ethyl adjacent to an activating group) is 1. The SMILES string of the molecule is COCC(O)CN(C)Cc1cc(OC)ccc1OC. The third kappa shape index (κ3) is 5.06. The van der Waals surface area contributed by atoms with Crippen molar-refractivity contribution in [2.24, 2.45) is 0 Å². The van der Waals surface area contributed by atoms with Crippen molar-refractivity contribution in [1.82, 2.24) is 4.90 Å². The zero-order valence-corrected chi connectivity index (χ0v) is 12.0. The molecule has 0 heterocycles. The average Bonchev–Trinajstić information content (AvgIpc) is 2.38. The Hall–Kier alpha value is -1.30. The molecule has 0 spiro atoms. The van der Waals surface area contributed by atoms with E-state index in [1.807, 2.05) is 30.1 Å². The summed E-state index contributed by atoms with van der Waals surface area (Å²) in [4.78, 5) is 2.01. The predicted octanol–water partition coefficient (Wildman–Crippen LogP) is 1.14. The summed E-state index contributed by atoms with van der Waals surface area (Å²) in [5, 5.41) is 9.70. The summed E-state index contributed by atoms with van der Waals surface area (Å²) >= 11 is 0. The Morgan fingerprint density at radius 1 is 1.21 bits per heavy atom. The first-order chi connectivity index (χ1) is 9.10. The Kier molecular flexibility index (Phi) is 6.62. The van der Waals surface area contributed by atoms with Gasteiger partial charge in [0.1, 0.15) is 11.5 Å². The molecule has 1 rings (SSSR count). The third-order valence-corrected chi connectivity index (χ3v) is 2.81. The Balaban J connectivity index is 2.68. The van der Waals surface area contributed by atoms with Crippen LogP contribution in [0.1, 0.15) is 5.56 Å². The summed E-state index contributed by atoms with van der Waals surface area (Å²) in [7, 11) is 6.80. The highest BCUT2D eigenvalue weighted by atomic mass is 16.5. The first-order valence-electron chi connectivity index (χ1n) is 6.17. The molecule has 0 aliphatic heterocycles. The van der Waals surface area contributed by atoms with Gasteiger partial charge in [-0.2, -0.15) is 0 Å². The molecule has 1 atom stereocenters. The van der Waals surface area contributed by atoms with Gasteiger partial charge in [-0.3, -0.25) is 4.90 Å². The monoisotopic (exact) mass is 269 g/mol. The fourth-order valence-electron chi connectivity index (χ4n) is 1.97. The van der Waals surface area contributed by atoms with E-state index in [4.69, 9.17) is 14.2 Å². The molecule has 0 bridgehead atoms. The fraction of sp³-hybridized carbons (Fsp3) is 0.571. The second-order valence-electron chi connectivity index (χ2n) is 4.48. The number of nitrogens with zero attached hydrogens (tertiary/aromatic N) is 1. The van der Waals surface area contributed by atoms with Crippen LogP contribution in [0, 0.1) is 0 Å². The minimum absolute atomic E-state index is 0.333. The molecule has 0 radical (unpaired) electrons. The molecule has 1 aromatic carbocycles. The molecule has 0 aliphatic carbocycles. The Morgan fingerprint density at radius 3 is 2.53 bits per heavy atom. The fourth-order valence-corrected chi connectivity index (χ4v) is 1.97. The van der Waals surface area contributed by atoms with Crippen LogP contribution in [-0.2, 0) is 11.3 Å². The van der Waals surface area contributed by atoms with E-state index in [0.29, 0.717) is 19.7 Å². The molecule has 1 N–H and O–H groups in total.